The Bertz CT molecular complexity index is 239. The van der Waals surface area contributed by atoms with E-state index in [0.29, 0.717) is 11.4 Å². The lowest BCUT2D eigenvalue weighted by Gasteiger charge is -1.98. The summed E-state index contributed by atoms with van der Waals surface area (Å²) in [6, 6.07) is 1.42. The van der Waals surface area contributed by atoms with Crippen molar-refractivity contribution in [3.63, 3.8) is 0 Å². The first-order chi connectivity index (χ1) is 4.74. The average molecular weight is 159 g/mol. The molecule has 0 aromatic carbocycles. The van der Waals surface area contributed by atoms with E-state index in [4.69, 9.17) is 22.4 Å². The number of alkyl halides is 1. The van der Waals surface area contributed by atoms with Crippen LogP contribution in [0, 0.1) is 0 Å². The Morgan fingerprint density at radius 2 is 2.40 bits per heavy atom. The average Bonchev–Trinajstić information content (AvgIpc) is 1.88. The zero-order valence-electron chi connectivity index (χ0n) is 5.21. The Kier molecular flexibility index (Phi) is 1.97. The highest BCUT2D eigenvalue weighted by Crippen LogP contribution is 2.18. The van der Waals surface area contributed by atoms with Gasteiger partial charge in [0.15, 0.2) is 0 Å². The number of halogens is 1. The number of pyridine rings is 1. The second-order valence-electron chi connectivity index (χ2n) is 1.87. The lowest BCUT2D eigenvalue weighted by Crippen LogP contribution is -1.90. The molecule has 3 nitrogen and oxygen atoms in total. The smallest absolute Gasteiger partial charge is 0.140 e. The van der Waals surface area contributed by atoms with Crippen molar-refractivity contribution >= 4 is 17.3 Å². The number of anilines is 1. The van der Waals surface area contributed by atoms with Gasteiger partial charge in [-0.25, -0.2) is 0 Å². The third-order valence-electron chi connectivity index (χ3n) is 1.10. The summed E-state index contributed by atoms with van der Waals surface area (Å²) in [5, 5.41) is 9.06. The number of rotatable bonds is 1. The quantitative estimate of drug-likeness (QED) is 0.602. The molecule has 1 rings (SSSR count). The van der Waals surface area contributed by atoms with E-state index in [9.17, 15) is 0 Å². The van der Waals surface area contributed by atoms with E-state index >= 15 is 0 Å². The zero-order valence-corrected chi connectivity index (χ0v) is 5.97. The second-order valence-corrected chi connectivity index (χ2v) is 2.14. The van der Waals surface area contributed by atoms with Crippen LogP contribution in [0.2, 0.25) is 0 Å². The first kappa shape index (κ1) is 7.15. The van der Waals surface area contributed by atoms with E-state index < -0.39 is 0 Å². The minimum absolute atomic E-state index is 0.0509. The Balaban J connectivity index is 3.07. The molecule has 4 heteroatoms. The van der Waals surface area contributed by atoms with Gasteiger partial charge in [-0.2, -0.15) is 0 Å². The summed E-state index contributed by atoms with van der Waals surface area (Å²) in [5.74, 6) is 0.251. The number of hydrogen-bond donors (Lipinski definition) is 2. The van der Waals surface area contributed by atoms with Crippen molar-refractivity contribution in [3.05, 3.63) is 18.0 Å². The lowest BCUT2D eigenvalue weighted by atomic mass is 10.3. The lowest BCUT2D eigenvalue weighted by molar-refractivity contribution is 0.467. The summed E-state index contributed by atoms with van der Waals surface area (Å²) in [4.78, 5) is 3.79. The van der Waals surface area contributed by atoms with Crippen LogP contribution in [0.5, 0.6) is 5.75 Å². The summed E-state index contributed by atoms with van der Waals surface area (Å²) < 4.78 is 0. The van der Waals surface area contributed by atoms with Gasteiger partial charge in [-0.1, -0.05) is 0 Å². The van der Waals surface area contributed by atoms with Crippen molar-refractivity contribution in [2.75, 3.05) is 5.73 Å². The second kappa shape index (κ2) is 2.75. The van der Waals surface area contributed by atoms with E-state index in [2.05, 4.69) is 4.98 Å². The molecule has 10 heavy (non-hydrogen) atoms. The van der Waals surface area contributed by atoms with Crippen LogP contribution < -0.4 is 5.73 Å². The van der Waals surface area contributed by atoms with Crippen LogP contribution in [0.4, 0.5) is 5.69 Å². The van der Waals surface area contributed by atoms with Crippen LogP contribution in [0.15, 0.2) is 12.3 Å². The largest absolute Gasteiger partial charge is 0.506 e. The van der Waals surface area contributed by atoms with Gasteiger partial charge in [-0.15, -0.1) is 11.6 Å². The van der Waals surface area contributed by atoms with Crippen LogP contribution >= 0.6 is 11.6 Å². The summed E-state index contributed by atoms with van der Waals surface area (Å²) in [5.41, 5.74) is 6.21. The van der Waals surface area contributed by atoms with Crippen LogP contribution in [0.1, 0.15) is 5.69 Å². The van der Waals surface area contributed by atoms with Crippen LogP contribution in [-0.2, 0) is 5.88 Å². The van der Waals surface area contributed by atoms with E-state index in [-0.39, 0.29) is 11.6 Å². The zero-order chi connectivity index (χ0) is 7.56. The molecule has 0 unspecified atom stereocenters. The summed E-state index contributed by atoms with van der Waals surface area (Å²) >= 11 is 5.42. The molecule has 3 N–H and O–H groups in total. The molecule has 0 saturated carbocycles. The predicted octanol–water partition coefficient (Wildman–Crippen LogP) is 1.11. The Morgan fingerprint density at radius 3 is 2.90 bits per heavy atom. The molecule has 1 heterocycles. The monoisotopic (exact) mass is 158 g/mol. The van der Waals surface area contributed by atoms with Crippen molar-refractivity contribution in [3.8, 4) is 5.75 Å². The molecule has 0 spiro atoms. The summed E-state index contributed by atoms with van der Waals surface area (Å²) in [7, 11) is 0. The molecule has 54 valence electrons. The Hall–Kier alpha value is -0.960. The van der Waals surface area contributed by atoms with Gasteiger partial charge in [-0.05, 0) is 0 Å². The summed E-state index contributed by atoms with van der Waals surface area (Å²) in [6.45, 7) is 0. The Labute approximate surface area is 63.5 Å². The maximum absolute atomic E-state index is 9.06. The van der Waals surface area contributed by atoms with E-state index in [0.717, 1.165) is 0 Å². The van der Waals surface area contributed by atoms with Gasteiger partial charge in [0.2, 0.25) is 0 Å². The van der Waals surface area contributed by atoms with Crippen molar-refractivity contribution in [2.24, 2.45) is 0 Å². The normalized spacial score (nSPS) is 9.70. The van der Waals surface area contributed by atoms with E-state index in [1.807, 2.05) is 0 Å². The number of nitrogens with two attached hydrogens (primary N) is 1. The van der Waals surface area contributed by atoms with Crippen molar-refractivity contribution in [1.82, 2.24) is 4.98 Å². The predicted molar refractivity (Wildman–Crippen MR) is 39.9 cm³/mol. The third-order valence-corrected chi connectivity index (χ3v) is 1.35. The van der Waals surface area contributed by atoms with E-state index in [1.165, 1.54) is 12.3 Å². The highest BCUT2D eigenvalue weighted by Gasteiger charge is 1.99. The number of aromatic nitrogens is 1. The number of aromatic hydroxyl groups is 1. The molecular formula is C6H7ClN2O. The topological polar surface area (TPSA) is 59.1 Å². The minimum Gasteiger partial charge on any atom is -0.506 e. The standard InChI is InChI=1S/C6H7ClN2O/c7-2-5-6(10)1-4(8)3-9-5/h1,3,10H,2,8H2. The molecule has 0 aliphatic heterocycles. The van der Waals surface area contributed by atoms with Gasteiger partial charge in [0.05, 0.1) is 23.5 Å². The number of hydrogen-bond acceptors (Lipinski definition) is 3. The van der Waals surface area contributed by atoms with Crippen LogP contribution in [0.3, 0.4) is 0 Å². The molecule has 0 amide bonds. The third kappa shape index (κ3) is 1.30. The number of nitrogens with zero attached hydrogens (tertiary/aromatic N) is 1. The molecule has 0 radical (unpaired) electrons. The fourth-order valence-corrected chi connectivity index (χ4v) is 0.806. The maximum atomic E-state index is 9.06. The molecule has 0 atom stereocenters. The first-order valence-corrected chi connectivity index (χ1v) is 3.27. The minimum atomic E-state index is 0.0509. The first-order valence-electron chi connectivity index (χ1n) is 2.73. The molecule has 1 aromatic heterocycles. The molecule has 1 aromatic rings. The van der Waals surface area contributed by atoms with Gasteiger partial charge < -0.3 is 10.8 Å². The molecule has 0 aliphatic rings. The summed E-state index contributed by atoms with van der Waals surface area (Å²) in [6.07, 6.45) is 1.46. The molecular weight excluding hydrogens is 152 g/mol. The van der Waals surface area contributed by atoms with Gasteiger partial charge in [0, 0.05) is 6.07 Å². The van der Waals surface area contributed by atoms with Crippen molar-refractivity contribution in [1.29, 1.82) is 0 Å². The SMILES string of the molecule is Nc1cnc(CCl)c(O)c1. The Morgan fingerprint density at radius 1 is 1.70 bits per heavy atom. The molecule has 0 bridgehead atoms. The highest BCUT2D eigenvalue weighted by molar-refractivity contribution is 6.17. The highest BCUT2D eigenvalue weighted by atomic mass is 35.5. The molecule has 0 saturated heterocycles. The van der Waals surface area contributed by atoms with Gasteiger partial charge in [0.25, 0.3) is 0 Å². The van der Waals surface area contributed by atoms with Gasteiger partial charge >= 0.3 is 0 Å². The maximum Gasteiger partial charge on any atom is 0.140 e. The van der Waals surface area contributed by atoms with Crippen LogP contribution in [-0.4, -0.2) is 10.1 Å². The van der Waals surface area contributed by atoms with E-state index in [1.54, 1.807) is 0 Å². The van der Waals surface area contributed by atoms with Crippen molar-refractivity contribution < 1.29 is 5.11 Å². The fourth-order valence-electron chi connectivity index (χ4n) is 0.600. The van der Waals surface area contributed by atoms with Gasteiger partial charge in [-0.3, -0.25) is 4.98 Å². The van der Waals surface area contributed by atoms with Crippen molar-refractivity contribution in [2.45, 2.75) is 5.88 Å². The van der Waals surface area contributed by atoms with Gasteiger partial charge in [0.1, 0.15) is 5.75 Å². The van der Waals surface area contributed by atoms with Crippen LogP contribution in [0.25, 0.3) is 0 Å². The fraction of sp³-hybridized carbons (Fsp3) is 0.167. The molecule has 0 fully saturated rings. The molecule has 0 aliphatic carbocycles. The number of nitrogen functional groups attached to an aromatic ring is 1.